The van der Waals surface area contributed by atoms with E-state index in [2.05, 4.69) is 15.5 Å². The highest BCUT2D eigenvalue weighted by atomic mass is 19.1. The molecule has 0 aliphatic heterocycles. The molecule has 1 aromatic heterocycles. The predicted molar refractivity (Wildman–Crippen MR) is 110 cm³/mol. The standard InChI is InChI=1S/C21H14FN5O3/c22-15-5-8-17(9-6-15)26-24-19-10-7-16(13-20(19)25-26)23-21(28)11-4-14-2-1-3-18(12-14)27(29)30/h1-13H,(H,23,28)/b11-4-. The molecule has 0 saturated heterocycles. The van der Waals surface area contributed by atoms with Crippen molar-refractivity contribution in [3.63, 3.8) is 0 Å². The first-order valence-corrected chi connectivity index (χ1v) is 8.84. The third-order valence-corrected chi connectivity index (χ3v) is 4.21. The molecule has 0 saturated carbocycles. The molecule has 9 heteroatoms. The normalized spacial score (nSPS) is 11.1. The summed E-state index contributed by atoms with van der Waals surface area (Å²) in [4.78, 5) is 23.9. The minimum Gasteiger partial charge on any atom is -0.322 e. The lowest BCUT2D eigenvalue weighted by atomic mass is 10.2. The lowest BCUT2D eigenvalue weighted by Crippen LogP contribution is -2.07. The molecular weight excluding hydrogens is 389 g/mol. The van der Waals surface area contributed by atoms with Crippen LogP contribution < -0.4 is 5.32 Å². The molecule has 1 amide bonds. The number of aromatic nitrogens is 3. The van der Waals surface area contributed by atoms with Gasteiger partial charge in [-0.1, -0.05) is 12.1 Å². The van der Waals surface area contributed by atoms with Crippen molar-refractivity contribution in [2.75, 3.05) is 5.32 Å². The smallest absolute Gasteiger partial charge is 0.270 e. The van der Waals surface area contributed by atoms with Crippen LogP contribution >= 0.6 is 0 Å². The SMILES string of the molecule is O=C(/C=C\c1cccc([N+](=O)[O-])c1)Nc1ccc2nn(-c3ccc(F)cc3)nc2c1. The number of hydrogen-bond acceptors (Lipinski definition) is 5. The lowest BCUT2D eigenvalue weighted by molar-refractivity contribution is -0.384. The highest BCUT2D eigenvalue weighted by Crippen LogP contribution is 2.18. The van der Waals surface area contributed by atoms with E-state index in [1.165, 1.54) is 41.2 Å². The number of benzene rings is 3. The Bertz CT molecular complexity index is 1280. The molecule has 1 N–H and O–H groups in total. The number of nitro groups is 1. The summed E-state index contributed by atoms with van der Waals surface area (Å²) in [6.45, 7) is 0. The van der Waals surface area contributed by atoms with Crippen LogP contribution in [0.1, 0.15) is 5.56 Å². The van der Waals surface area contributed by atoms with Crippen molar-refractivity contribution in [1.82, 2.24) is 15.0 Å². The minimum atomic E-state index is -0.494. The third-order valence-electron chi connectivity index (χ3n) is 4.21. The third kappa shape index (κ3) is 4.20. The number of nitrogens with zero attached hydrogens (tertiary/aromatic N) is 4. The molecule has 8 nitrogen and oxygen atoms in total. The van der Waals surface area contributed by atoms with E-state index in [9.17, 15) is 19.3 Å². The Morgan fingerprint density at radius 2 is 1.80 bits per heavy atom. The summed E-state index contributed by atoms with van der Waals surface area (Å²) >= 11 is 0. The van der Waals surface area contributed by atoms with Gasteiger partial charge >= 0.3 is 0 Å². The molecular formula is C21H14FN5O3. The van der Waals surface area contributed by atoms with Gasteiger partial charge in [0, 0.05) is 23.9 Å². The number of amides is 1. The predicted octanol–water partition coefficient (Wildman–Crippen LogP) is 4.12. The van der Waals surface area contributed by atoms with E-state index >= 15 is 0 Å². The van der Waals surface area contributed by atoms with Gasteiger partial charge in [0.1, 0.15) is 16.9 Å². The number of rotatable bonds is 5. The molecule has 0 aliphatic rings. The van der Waals surface area contributed by atoms with Gasteiger partial charge < -0.3 is 5.32 Å². The van der Waals surface area contributed by atoms with Crippen LogP contribution in [0, 0.1) is 15.9 Å². The van der Waals surface area contributed by atoms with Gasteiger partial charge in [-0.3, -0.25) is 14.9 Å². The van der Waals surface area contributed by atoms with Crippen LogP contribution in [0.3, 0.4) is 0 Å². The molecule has 148 valence electrons. The molecule has 30 heavy (non-hydrogen) atoms. The zero-order chi connectivity index (χ0) is 21.1. The van der Waals surface area contributed by atoms with Gasteiger partial charge in [0.05, 0.1) is 10.6 Å². The van der Waals surface area contributed by atoms with E-state index in [0.29, 0.717) is 28.0 Å². The maximum Gasteiger partial charge on any atom is 0.270 e. The fraction of sp³-hybridized carbons (Fsp3) is 0. The minimum absolute atomic E-state index is 0.0488. The van der Waals surface area contributed by atoms with Gasteiger partial charge in [-0.25, -0.2) is 4.39 Å². The van der Waals surface area contributed by atoms with Gasteiger partial charge in [-0.2, -0.15) is 4.80 Å². The van der Waals surface area contributed by atoms with Crippen LogP contribution in [0.5, 0.6) is 0 Å². The Balaban J connectivity index is 1.49. The van der Waals surface area contributed by atoms with E-state index in [1.807, 2.05) is 0 Å². The fourth-order valence-electron chi connectivity index (χ4n) is 2.78. The average molecular weight is 403 g/mol. The molecule has 0 radical (unpaired) electrons. The van der Waals surface area contributed by atoms with E-state index in [4.69, 9.17) is 0 Å². The van der Waals surface area contributed by atoms with E-state index in [1.54, 1.807) is 42.5 Å². The van der Waals surface area contributed by atoms with Crippen LogP contribution in [0.15, 0.2) is 72.8 Å². The van der Waals surface area contributed by atoms with Crippen LogP contribution in [-0.2, 0) is 4.79 Å². The number of non-ortho nitro benzene ring substituents is 1. The monoisotopic (exact) mass is 403 g/mol. The van der Waals surface area contributed by atoms with Crippen LogP contribution in [0.25, 0.3) is 22.8 Å². The molecule has 0 atom stereocenters. The summed E-state index contributed by atoms with van der Waals surface area (Å²) in [6, 6.07) is 16.8. The molecule has 0 spiro atoms. The first-order chi connectivity index (χ1) is 14.5. The number of carbonyl (C=O) groups is 1. The molecule has 0 fully saturated rings. The maximum atomic E-state index is 13.1. The summed E-state index contributed by atoms with van der Waals surface area (Å²) in [5.41, 5.74) is 2.79. The number of nitro benzene ring substituents is 1. The Labute approximate surface area is 169 Å². The maximum absolute atomic E-state index is 13.1. The van der Waals surface area contributed by atoms with Gasteiger partial charge in [0.25, 0.3) is 5.69 Å². The second-order valence-corrected chi connectivity index (χ2v) is 6.34. The summed E-state index contributed by atoms with van der Waals surface area (Å²) in [5.74, 6) is -0.745. The first kappa shape index (κ1) is 18.9. The summed E-state index contributed by atoms with van der Waals surface area (Å²) < 4.78 is 13.1. The largest absolute Gasteiger partial charge is 0.322 e. The van der Waals surface area contributed by atoms with Gasteiger partial charge in [-0.05, 0) is 54.1 Å². The highest BCUT2D eigenvalue weighted by Gasteiger charge is 2.08. The molecule has 3 aromatic carbocycles. The van der Waals surface area contributed by atoms with E-state index < -0.39 is 10.8 Å². The molecule has 4 rings (SSSR count). The zero-order valence-corrected chi connectivity index (χ0v) is 15.4. The van der Waals surface area contributed by atoms with Gasteiger partial charge in [0.15, 0.2) is 0 Å². The molecule has 4 aromatic rings. The van der Waals surface area contributed by atoms with Crippen molar-refractivity contribution in [2.45, 2.75) is 0 Å². The number of hydrogen-bond donors (Lipinski definition) is 1. The van der Waals surface area contributed by atoms with Crippen molar-refractivity contribution in [1.29, 1.82) is 0 Å². The van der Waals surface area contributed by atoms with Crippen molar-refractivity contribution in [2.24, 2.45) is 0 Å². The number of fused-ring (bicyclic) bond motifs is 1. The Morgan fingerprint density at radius 1 is 1.03 bits per heavy atom. The number of carbonyl (C=O) groups excluding carboxylic acids is 1. The fourth-order valence-corrected chi connectivity index (χ4v) is 2.78. The number of halogens is 1. The second kappa shape index (κ2) is 7.92. The van der Waals surface area contributed by atoms with Crippen LogP contribution in [-0.4, -0.2) is 25.8 Å². The van der Waals surface area contributed by atoms with Crippen molar-refractivity contribution in [3.8, 4) is 5.69 Å². The Morgan fingerprint density at radius 3 is 2.57 bits per heavy atom. The average Bonchev–Trinajstić information content (AvgIpc) is 3.16. The topological polar surface area (TPSA) is 103 Å². The quantitative estimate of drug-likeness (QED) is 0.307. The van der Waals surface area contributed by atoms with Crippen LogP contribution in [0.4, 0.5) is 15.8 Å². The van der Waals surface area contributed by atoms with Crippen molar-refractivity contribution >= 4 is 34.4 Å². The van der Waals surface area contributed by atoms with Crippen molar-refractivity contribution < 1.29 is 14.1 Å². The lowest BCUT2D eigenvalue weighted by Gasteiger charge is -2.01. The molecule has 1 heterocycles. The van der Waals surface area contributed by atoms with E-state index in [0.717, 1.165) is 0 Å². The summed E-state index contributed by atoms with van der Waals surface area (Å²) in [5, 5.41) is 22.2. The Kier molecular flexibility index (Phi) is 5.00. The van der Waals surface area contributed by atoms with Crippen LogP contribution in [0.2, 0.25) is 0 Å². The summed E-state index contributed by atoms with van der Waals surface area (Å²) in [6.07, 6.45) is 2.78. The molecule has 0 unspecified atom stereocenters. The van der Waals surface area contributed by atoms with E-state index in [-0.39, 0.29) is 11.5 Å². The molecule has 0 aliphatic carbocycles. The van der Waals surface area contributed by atoms with Crippen molar-refractivity contribution in [3.05, 3.63) is 94.3 Å². The highest BCUT2D eigenvalue weighted by molar-refractivity contribution is 6.02. The van der Waals surface area contributed by atoms with Gasteiger partial charge in [-0.15, -0.1) is 10.2 Å². The first-order valence-electron chi connectivity index (χ1n) is 8.84. The summed E-state index contributed by atoms with van der Waals surface area (Å²) in [7, 11) is 0. The number of nitrogens with one attached hydrogen (secondary N) is 1. The second-order valence-electron chi connectivity index (χ2n) is 6.34. The zero-order valence-electron chi connectivity index (χ0n) is 15.4. The number of anilines is 1. The molecule has 0 bridgehead atoms. The Hall–Kier alpha value is -4.40. The van der Waals surface area contributed by atoms with Gasteiger partial charge in [0.2, 0.25) is 5.91 Å².